The molecule has 0 saturated carbocycles. The Balaban J connectivity index is 2.02. The highest BCUT2D eigenvalue weighted by Gasteiger charge is 2.12. The number of amides is 1. The Hall–Kier alpha value is -1.66. The van der Waals surface area contributed by atoms with E-state index in [1.807, 2.05) is 17.5 Å². The van der Waals surface area contributed by atoms with E-state index in [4.69, 9.17) is 0 Å². The molecule has 0 aliphatic carbocycles. The van der Waals surface area contributed by atoms with Gasteiger partial charge in [-0.15, -0.1) is 22.7 Å². The zero-order valence-electron chi connectivity index (χ0n) is 9.64. The highest BCUT2D eigenvalue weighted by atomic mass is 32.1. The first kappa shape index (κ1) is 12.8. The molecule has 0 aliphatic heterocycles. The molecular formula is C12H11NO3S2. The molecule has 6 heteroatoms. The van der Waals surface area contributed by atoms with Crippen LogP contribution in [-0.2, 0) is 11.3 Å². The smallest absolute Gasteiger partial charge is 0.407 e. The molecule has 0 fully saturated rings. The third kappa shape index (κ3) is 2.96. The molecule has 2 rings (SSSR count). The van der Waals surface area contributed by atoms with E-state index < -0.39 is 6.09 Å². The number of thiophene rings is 2. The van der Waals surface area contributed by atoms with Crippen molar-refractivity contribution in [2.45, 2.75) is 6.54 Å². The monoisotopic (exact) mass is 281 g/mol. The zero-order chi connectivity index (χ0) is 13.0. The molecule has 0 spiro atoms. The lowest BCUT2D eigenvalue weighted by Gasteiger charge is -2.00. The number of hydrogen-bond donors (Lipinski definition) is 1. The Morgan fingerprint density at radius 2 is 2.11 bits per heavy atom. The highest BCUT2D eigenvalue weighted by Crippen LogP contribution is 2.22. The van der Waals surface area contributed by atoms with E-state index in [1.54, 1.807) is 12.1 Å². The molecule has 1 N–H and O–H groups in total. The van der Waals surface area contributed by atoms with Crippen LogP contribution in [0.3, 0.4) is 0 Å². The average molecular weight is 281 g/mol. The SMILES string of the molecule is COC(=O)NCc1ccc(C(=O)c2cccs2)s1. The molecule has 0 unspecified atom stereocenters. The number of hydrogen-bond acceptors (Lipinski definition) is 5. The van der Waals surface area contributed by atoms with Gasteiger partial charge in [-0.25, -0.2) is 4.79 Å². The largest absolute Gasteiger partial charge is 0.453 e. The minimum atomic E-state index is -0.477. The molecule has 0 bridgehead atoms. The molecule has 0 saturated heterocycles. The van der Waals surface area contributed by atoms with Gasteiger partial charge in [0.1, 0.15) is 0 Å². The van der Waals surface area contributed by atoms with Crippen LogP contribution in [0.25, 0.3) is 0 Å². The van der Waals surface area contributed by atoms with Gasteiger partial charge in [0, 0.05) is 4.88 Å². The Bertz CT molecular complexity index is 545. The van der Waals surface area contributed by atoms with E-state index in [9.17, 15) is 9.59 Å². The summed E-state index contributed by atoms with van der Waals surface area (Å²) in [6, 6.07) is 7.27. The summed E-state index contributed by atoms with van der Waals surface area (Å²) in [6.45, 7) is 0.370. The summed E-state index contributed by atoms with van der Waals surface area (Å²) < 4.78 is 4.47. The van der Waals surface area contributed by atoms with Gasteiger partial charge in [0.25, 0.3) is 0 Å². The van der Waals surface area contributed by atoms with E-state index in [1.165, 1.54) is 29.8 Å². The molecule has 18 heavy (non-hydrogen) atoms. The Kier molecular flexibility index (Phi) is 4.11. The van der Waals surface area contributed by atoms with Crippen LogP contribution in [0.4, 0.5) is 4.79 Å². The standard InChI is InChI=1S/C12H11NO3S2/c1-16-12(15)13-7-8-4-5-10(18-8)11(14)9-3-2-6-17-9/h2-6H,7H2,1H3,(H,13,15). The lowest BCUT2D eigenvalue weighted by atomic mass is 10.3. The number of nitrogens with one attached hydrogen (secondary N) is 1. The number of rotatable bonds is 4. The minimum absolute atomic E-state index is 0.0271. The Morgan fingerprint density at radius 3 is 2.78 bits per heavy atom. The fraction of sp³-hybridized carbons (Fsp3) is 0.167. The van der Waals surface area contributed by atoms with Crippen LogP contribution in [0, 0.1) is 0 Å². The van der Waals surface area contributed by atoms with Gasteiger partial charge >= 0.3 is 6.09 Å². The fourth-order valence-electron chi connectivity index (χ4n) is 1.36. The van der Waals surface area contributed by atoms with Crippen LogP contribution in [0.5, 0.6) is 0 Å². The van der Waals surface area contributed by atoms with E-state index in [-0.39, 0.29) is 5.78 Å². The molecule has 4 nitrogen and oxygen atoms in total. The second-order valence-corrected chi connectivity index (χ2v) is 5.53. The maximum absolute atomic E-state index is 12.0. The summed E-state index contributed by atoms with van der Waals surface area (Å²) in [5.41, 5.74) is 0. The average Bonchev–Trinajstić information content (AvgIpc) is 3.05. The second-order valence-electron chi connectivity index (χ2n) is 3.42. The Labute approximate surface area is 112 Å². The molecule has 2 aromatic heterocycles. The topological polar surface area (TPSA) is 55.4 Å². The van der Waals surface area contributed by atoms with Crippen molar-refractivity contribution in [2.75, 3.05) is 7.11 Å². The molecular weight excluding hydrogens is 270 g/mol. The van der Waals surface area contributed by atoms with Crippen LogP contribution in [0.2, 0.25) is 0 Å². The first-order valence-electron chi connectivity index (χ1n) is 5.19. The highest BCUT2D eigenvalue weighted by molar-refractivity contribution is 7.16. The van der Waals surface area contributed by atoms with Crippen LogP contribution >= 0.6 is 22.7 Å². The summed E-state index contributed by atoms with van der Waals surface area (Å²) in [7, 11) is 1.31. The summed E-state index contributed by atoms with van der Waals surface area (Å²) >= 11 is 2.80. The second kappa shape index (κ2) is 5.79. The third-order valence-electron chi connectivity index (χ3n) is 2.22. The van der Waals surface area contributed by atoms with E-state index in [0.717, 1.165) is 9.75 Å². The van der Waals surface area contributed by atoms with E-state index in [2.05, 4.69) is 10.1 Å². The zero-order valence-corrected chi connectivity index (χ0v) is 11.3. The van der Waals surface area contributed by atoms with Gasteiger partial charge in [0.15, 0.2) is 0 Å². The maximum Gasteiger partial charge on any atom is 0.407 e. The van der Waals surface area contributed by atoms with Gasteiger partial charge in [0.05, 0.1) is 23.4 Å². The van der Waals surface area contributed by atoms with Gasteiger partial charge in [0.2, 0.25) is 5.78 Å². The molecule has 2 heterocycles. The summed E-state index contributed by atoms with van der Waals surface area (Å²) in [5.74, 6) is 0.0271. The molecule has 0 aliphatic rings. The maximum atomic E-state index is 12.0. The van der Waals surface area contributed by atoms with Crippen LogP contribution in [0.15, 0.2) is 29.6 Å². The van der Waals surface area contributed by atoms with Crippen LogP contribution in [-0.4, -0.2) is 19.0 Å². The summed E-state index contributed by atoms with van der Waals surface area (Å²) in [4.78, 5) is 25.3. The van der Waals surface area contributed by atoms with E-state index >= 15 is 0 Å². The first-order valence-corrected chi connectivity index (χ1v) is 6.89. The molecule has 94 valence electrons. The van der Waals surface area contributed by atoms with Gasteiger partial charge < -0.3 is 10.1 Å². The normalized spacial score (nSPS) is 10.1. The molecule has 1 amide bonds. The van der Waals surface area contributed by atoms with E-state index in [0.29, 0.717) is 11.4 Å². The van der Waals surface area contributed by atoms with Crippen molar-refractivity contribution in [2.24, 2.45) is 0 Å². The van der Waals surface area contributed by atoms with Crippen molar-refractivity contribution in [3.63, 3.8) is 0 Å². The lowest BCUT2D eigenvalue weighted by Crippen LogP contribution is -2.21. The van der Waals surface area contributed by atoms with Crippen molar-refractivity contribution in [1.82, 2.24) is 5.32 Å². The van der Waals surface area contributed by atoms with Crippen molar-refractivity contribution < 1.29 is 14.3 Å². The molecule has 0 aromatic carbocycles. The van der Waals surface area contributed by atoms with Crippen molar-refractivity contribution in [3.8, 4) is 0 Å². The van der Waals surface area contributed by atoms with Gasteiger partial charge in [-0.2, -0.15) is 0 Å². The number of carbonyl (C=O) groups is 2. The lowest BCUT2D eigenvalue weighted by molar-refractivity contribution is 0.104. The number of methoxy groups -OCH3 is 1. The number of ether oxygens (including phenoxy) is 1. The van der Waals surface area contributed by atoms with Crippen LogP contribution < -0.4 is 5.32 Å². The summed E-state index contributed by atoms with van der Waals surface area (Å²) in [6.07, 6.45) is -0.477. The van der Waals surface area contributed by atoms with Crippen molar-refractivity contribution >= 4 is 34.6 Å². The molecule has 2 aromatic rings. The van der Waals surface area contributed by atoms with Gasteiger partial charge in [-0.05, 0) is 23.6 Å². The minimum Gasteiger partial charge on any atom is -0.453 e. The first-order chi connectivity index (χ1) is 8.70. The molecule has 0 radical (unpaired) electrons. The molecule has 0 atom stereocenters. The number of alkyl carbamates (subject to hydrolysis) is 1. The summed E-state index contributed by atoms with van der Waals surface area (Å²) in [5, 5.41) is 4.45. The van der Waals surface area contributed by atoms with Crippen molar-refractivity contribution in [3.05, 3.63) is 44.3 Å². The van der Waals surface area contributed by atoms with Gasteiger partial charge in [-0.3, -0.25) is 4.79 Å². The van der Waals surface area contributed by atoms with Crippen molar-refractivity contribution in [1.29, 1.82) is 0 Å². The third-order valence-corrected chi connectivity index (χ3v) is 4.18. The quantitative estimate of drug-likeness (QED) is 0.877. The fourth-order valence-corrected chi connectivity index (χ4v) is 3.00. The predicted octanol–water partition coefficient (Wildman–Crippen LogP) is 2.90. The predicted molar refractivity (Wildman–Crippen MR) is 71.3 cm³/mol. The number of carbonyl (C=O) groups excluding carboxylic acids is 2. The Morgan fingerprint density at radius 1 is 1.28 bits per heavy atom. The van der Waals surface area contributed by atoms with Crippen LogP contribution in [0.1, 0.15) is 19.4 Å². The number of ketones is 1. The van der Waals surface area contributed by atoms with Gasteiger partial charge in [-0.1, -0.05) is 6.07 Å².